The number of oxime groups is 4. The molecule has 0 spiro atoms. The first-order valence-electron chi connectivity index (χ1n) is 54.3. The predicted molar refractivity (Wildman–Crippen MR) is 604 cm³/mol. The molecule has 0 aliphatic heterocycles. The van der Waals surface area contributed by atoms with Crippen molar-refractivity contribution >= 4 is 97.7 Å². The SMILES string of the molecule is CCCC1(CCC)c2cc(C(=O)/C(CC3CCCCC3)=N/OC(C)=O)ccc2-c2ccc(C(=O)c3cccs3)cc21.CCCC1(CCC)c2ccccc2-c2ccc(C(=O)/C(=N/OC(C)=O)c3cccc4ccccc34)cc21.CCCC1(CCC)c2ccccc2-c2ccc(C(=O)/C(=N\OC(C)=O)c3ccccc3-c3ccccc3)cc21.CCCC1(CCC)c2ccccc2-c2ccc(C(=O)/C(CC3CCCC3)=N/OC(C)=O)cc21. The molecule has 0 unspecified atom stereocenters. The summed E-state index contributed by atoms with van der Waals surface area (Å²) >= 11 is 1.46. The van der Waals surface area contributed by atoms with Crippen LogP contribution in [-0.2, 0) is 60.2 Å². The zero-order chi connectivity index (χ0) is 106. The van der Waals surface area contributed by atoms with Crippen LogP contribution in [-0.4, -0.2) is 75.6 Å². The number of thiophene rings is 1. The summed E-state index contributed by atoms with van der Waals surface area (Å²) in [5.41, 5.74) is 26.1. The number of fused-ring (bicyclic) bond motifs is 13. The Morgan fingerprint density at radius 3 is 0.960 bits per heavy atom. The topological polar surface area (TPSA) is 240 Å². The number of hydrogen-bond donors (Lipinski definition) is 0. The third-order valence-electron chi connectivity index (χ3n) is 31.2. The number of hydrogen-bond acceptors (Lipinski definition) is 18. The van der Waals surface area contributed by atoms with Gasteiger partial charge in [-0.15, -0.1) is 11.3 Å². The second-order valence-corrected chi connectivity index (χ2v) is 42.1. The second-order valence-electron chi connectivity index (χ2n) is 41.2. The van der Waals surface area contributed by atoms with Crippen molar-refractivity contribution in [3.8, 4) is 55.6 Å². The molecule has 1 aromatic heterocycles. The molecule has 18 heteroatoms. The second kappa shape index (κ2) is 49.3. The minimum atomic E-state index is -0.577. The van der Waals surface area contributed by atoms with Crippen LogP contribution in [0.5, 0.6) is 0 Å². The molecule has 13 aromatic rings. The summed E-state index contributed by atoms with van der Waals surface area (Å²) in [6.07, 6.45) is 27.6. The van der Waals surface area contributed by atoms with Crippen molar-refractivity contribution < 1.29 is 62.5 Å². The first-order chi connectivity index (χ1) is 72.9. The van der Waals surface area contributed by atoms with E-state index in [1.807, 2.05) is 151 Å². The van der Waals surface area contributed by atoms with Gasteiger partial charge in [-0.3, -0.25) is 24.0 Å². The van der Waals surface area contributed by atoms with Crippen molar-refractivity contribution in [1.82, 2.24) is 0 Å². The van der Waals surface area contributed by atoms with Gasteiger partial charge in [-0.2, -0.15) is 0 Å². The third-order valence-corrected chi connectivity index (χ3v) is 32.0. The number of nitrogens with zero attached hydrogens (tertiary/aromatic N) is 4. The van der Waals surface area contributed by atoms with E-state index < -0.39 is 23.9 Å². The molecule has 19 rings (SSSR count). The lowest BCUT2D eigenvalue weighted by atomic mass is 9.71. The highest BCUT2D eigenvalue weighted by Crippen LogP contribution is 2.59. The molecule has 0 saturated heterocycles. The molecule has 0 radical (unpaired) electrons. The van der Waals surface area contributed by atoms with Gasteiger partial charge in [0.25, 0.3) is 0 Å². The van der Waals surface area contributed by atoms with Crippen LogP contribution in [0, 0.1) is 11.8 Å². The van der Waals surface area contributed by atoms with Crippen molar-refractivity contribution in [2.24, 2.45) is 32.5 Å². The molecule has 0 N–H and O–H groups in total. The van der Waals surface area contributed by atoms with Crippen molar-refractivity contribution in [2.75, 3.05) is 0 Å². The number of rotatable bonds is 37. The number of Topliss-reactive ketones (excluding diaryl/α,β-unsaturated/α-hetero) is 4. The van der Waals surface area contributed by atoms with Crippen LogP contribution in [0.1, 0.15) is 369 Å². The molecule has 770 valence electrons. The summed E-state index contributed by atoms with van der Waals surface area (Å²) in [6.45, 7) is 22.9. The highest BCUT2D eigenvalue weighted by Gasteiger charge is 2.48. The lowest BCUT2D eigenvalue weighted by Gasteiger charge is -2.32. The van der Waals surface area contributed by atoms with E-state index in [2.05, 4.69) is 203 Å². The van der Waals surface area contributed by atoms with E-state index in [9.17, 15) is 43.2 Å². The van der Waals surface area contributed by atoms with E-state index in [4.69, 9.17) is 19.4 Å². The third kappa shape index (κ3) is 22.7. The van der Waals surface area contributed by atoms with Gasteiger partial charge in [-0.25, -0.2) is 19.2 Å². The zero-order valence-corrected chi connectivity index (χ0v) is 89.6. The largest absolute Gasteiger partial charge is 0.332 e. The Balaban J connectivity index is 0.000000143. The van der Waals surface area contributed by atoms with Gasteiger partial charge in [-0.1, -0.05) is 422 Å². The lowest BCUT2D eigenvalue weighted by Crippen LogP contribution is -2.26. The standard InChI is InChI=1S/C35H39NO4S.C35H33NO3.C33H31NO3.C29H35NO3/c1-4-17-35(18-5-2)29-21-25(33(38)31(36-40-23(3)37)20-24-10-7-6-8-11-24)13-15-27(29)28-16-14-26(22-30(28)35)34(39)32-12-9-19-41-32;1-4-21-35(22-5-2)31-18-12-11-16-28(31)29-20-19-26(23-32(29)35)34(38)33(36-39-24(3)37)30-17-10-9-15-27(30)25-13-7-6-8-14-25;1-4-19-33(20-5-2)29-16-9-8-14-26(29)27-18-17-24(21-30(27)33)32(36)31(34-37-22(3)35)28-15-10-12-23-11-6-7-13-25(23)28;1-4-16-29(17-5-2)25-13-9-8-12-23(25)24-15-14-22(19-26(24)29)28(32)27(30-33-20(3)31)18-21-10-6-7-11-21/h9,12-16,19,21-22,24H,4-8,10-11,17-18,20H2,1-3H3;6-20,23H,4-5,21-22H2,1-3H3;6-18,21H,4-5,19-20H2,1-3H3;8-9,12-15,19,21H,4-7,10-11,16-18H2,1-3H3/b36-31+;36-33-;34-31+;30-27+. The van der Waals surface area contributed by atoms with Crippen LogP contribution in [0.25, 0.3) is 66.4 Å². The summed E-state index contributed by atoms with van der Waals surface area (Å²) in [5.74, 6) is -2.16. The Kier molecular flexibility index (Phi) is 35.6. The fraction of sp³-hybridized carbons (Fsp3) is 0.341. The molecule has 0 bridgehead atoms. The van der Waals surface area contributed by atoms with Crippen LogP contribution >= 0.6 is 11.3 Å². The molecule has 2 saturated carbocycles. The number of ketones is 5. The summed E-state index contributed by atoms with van der Waals surface area (Å²) in [4.78, 5) is 136. The quantitative estimate of drug-likeness (QED) is 0.0152. The highest BCUT2D eigenvalue weighted by atomic mass is 32.1. The Morgan fingerprint density at radius 1 is 0.280 bits per heavy atom. The average Bonchev–Trinajstić information content (AvgIpc) is 1.53. The first kappa shape index (κ1) is 108. The van der Waals surface area contributed by atoms with Crippen molar-refractivity contribution in [3.05, 3.63) is 367 Å². The lowest BCUT2D eigenvalue weighted by molar-refractivity contribution is -0.141. The van der Waals surface area contributed by atoms with E-state index in [1.54, 1.807) is 0 Å². The van der Waals surface area contributed by atoms with Crippen molar-refractivity contribution in [1.29, 1.82) is 0 Å². The summed E-state index contributed by atoms with van der Waals surface area (Å²) in [7, 11) is 0. The van der Waals surface area contributed by atoms with Gasteiger partial charge in [0.05, 0.1) is 4.88 Å². The number of carbonyl (C=O) groups is 9. The molecule has 1 heterocycles. The first-order valence-corrected chi connectivity index (χ1v) is 55.2. The van der Waals surface area contributed by atoms with E-state index >= 15 is 0 Å². The van der Waals surface area contributed by atoms with Crippen LogP contribution in [0.2, 0.25) is 0 Å². The van der Waals surface area contributed by atoms with Crippen LogP contribution < -0.4 is 0 Å². The van der Waals surface area contributed by atoms with Gasteiger partial charge in [0.2, 0.25) is 28.9 Å². The average molecular weight is 2020 g/mol. The molecule has 150 heavy (non-hydrogen) atoms. The normalized spacial score (nSPS) is 15.1. The highest BCUT2D eigenvalue weighted by molar-refractivity contribution is 7.12. The molecule has 6 aliphatic carbocycles. The Bertz CT molecular complexity index is 7300. The number of benzene rings is 12. The maximum absolute atomic E-state index is 14.2. The maximum Gasteiger partial charge on any atom is 0.332 e. The van der Waals surface area contributed by atoms with Gasteiger partial charge in [0.15, 0.2) is 11.4 Å². The molecule has 0 atom stereocenters. The monoisotopic (exact) mass is 2020 g/mol. The van der Waals surface area contributed by atoms with Gasteiger partial charge < -0.3 is 19.4 Å². The Hall–Kier alpha value is -14.5. The smallest absolute Gasteiger partial charge is 0.318 e. The maximum atomic E-state index is 14.2. The van der Waals surface area contributed by atoms with Crippen molar-refractivity contribution in [3.63, 3.8) is 0 Å². The minimum absolute atomic E-state index is 0.0468. The van der Waals surface area contributed by atoms with E-state index in [1.165, 1.54) is 131 Å². The fourth-order valence-corrected chi connectivity index (χ4v) is 25.8. The van der Waals surface area contributed by atoms with Gasteiger partial charge >= 0.3 is 23.9 Å². The molecule has 0 amide bonds. The number of carbonyl (C=O) groups excluding carboxylic acids is 9. The van der Waals surface area contributed by atoms with E-state index in [0.717, 1.165) is 185 Å². The molecule has 6 aliphatic rings. The van der Waals surface area contributed by atoms with Crippen LogP contribution in [0.15, 0.2) is 299 Å². The summed E-state index contributed by atoms with van der Waals surface area (Å²) < 4.78 is 0. The van der Waals surface area contributed by atoms with E-state index in [-0.39, 0.29) is 62.0 Å². The van der Waals surface area contributed by atoms with Gasteiger partial charge in [0, 0.05) is 88.3 Å². The molecule has 2 fully saturated rings. The van der Waals surface area contributed by atoms with E-state index in [0.29, 0.717) is 75.0 Å². The van der Waals surface area contributed by atoms with Crippen LogP contribution in [0.4, 0.5) is 0 Å². The summed E-state index contributed by atoms with van der Waals surface area (Å²) in [5, 5.41) is 20.1. The molecular formula is C132H138N4O13S. The summed E-state index contributed by atoms with van der Waals surface area (Å²) in [6, 6.07) is 90.9. The van der Waals surface area contributed by atoms with Gasteiger partial charge in [-0.05, 0) is 229 Å². The zero-order valence-electron chi connectivity index (χ0n) is 88.8. The molecule has 17 nitrogen and oxygen atoms in total. The van der Waals surface area contributed by atoms with Crippen LogP contribution in [0.3, 0.4) is 0 Å². The Morgan fingerprint density at radius 2 is 0.580 bits per heavy atom. The molecular weight excluding hydrogens is 1880 g/mol. The molecule has 12 aromatic carbocycles. The Labute approximate surface area is 887 Å². The fourth-order valence-electron chi connectivity index (χ4n) is 25.2. The minimum Gasteiger partial charge on any atom is -0.318 e. The van der Waals surface area contributed by atoms with Gasteiger partial charge in [0.1, 0.15) is 11.4 Å². The predicted octanol–water partition coefficient (Wildman–Crippen LogP) is 32.4. The van der Waals surface area contributed by atoms with Crippen molar-refractivity contribution in [2.45, 2.75) is 278 Å².